The summed E-state index contributed by atoms with van der Waals surface area (Å²) < 4.78 is 1.23. The third kappa shape index (κ3) is 1.86. The van der Waals surface area contributed by atoms with Gasteiger partial charge in [0.05, 0.1) is 6.61 Å². The molecule has 0 unspecified atom stereocenters. The van der Waals surface area contributed by atoms with Gasteiger partial charge in [-0.3, -0.25) is 0 Å². The fourth-order valence-electron chi connectivity index (χ4n) is 2.01. The van der Waals surface area contributed by atoms with E-state index in [1.165, 1.54) is 21.2 Å². The Labute approximate surface area is 104 Å². The molecule has 3 aromatic rings. The van der Waals surface area contributed by atoms with Gasteiger partial charge in [0, 0.05) is 4.70 Å². The molecule has 0 aliphatic carbocycles. The van der Waals surface area contributed by atoms with Crippen LogP contribution in [0, 0.1) is 0 Å². The van der Waals surface area contributed by atoms with Crippen LogP contribution in [0.1, 0.15) is 5.56 Å². The minimum absolute atomic E-state index is 0.109. The quantitative estimate of drug-likeness (QED) is 0.716. The van der Waals surface area contributed by atoms with E-state index in [0.717, 1.165) is 5.56 Å². The van der Waals surface area contributed by atoms with Gasteiger partial charge in [0.1, 0.15) is 0 Å². The lowest BCUT2D eigenvalue weighted by Gasteiger charge is -2.02. The van der Waals surface area contributed by atoms with Gasteiger partial charge in [-0.05, 0) is 39.6 Å². The molecular formula is C15H12OS. The summed E-state index contributed by atoms with van der Waals surface area (Å²) in [5.41, 5.74) is 3.43. The number of hydrogen-bond acceptors (Lipinski definition) is 2. The molecule has 84 valence electrons. The summed E-state index contributed by atoms with van der Waals surface area (Å²) in [6, 6.07) is 16.7. The van der Waals surface area contributed by atoms with Crippen LogP contribution in [0.25, 0.3) is 21.2 Å². The van der Waals surface area contributed by atoms with Gasteiger partial charge < -0.3 is 5.11 Å². The molecule has 1 heterocycles. The van der Waals surface area contributed by atoms with Crippen LogP contribution in [0.2, 0.25) is 0 Å². The van der Waals surface area contributed by atoms with Gasteiger partial charge in [-0.15, -0.1) is 11.3 Å². The van der Waals surface area contributed by atoms with Gasteiger partial charge in [-0.25, -0.2) is 0 Å². The zero-order valence-corrected chi connectivity index (χ0v) is 10.1. The molecule has 1 aromatic heterocycles. The summed E-state index contributed by atoms with van der Waals surface area (Å²) in [5.74, 6) is 0. The Balaban J connectivity index is 2.19. The molecule has 2 heteroatoms. The summed E-state index contributed by atoms with van der Waals surface area (Å²) in [6.45, 7) is 0.109. The highest BCUT2D eigenvalue weighted by atomic mass is 32.1. The lowest BCUT2D eigenvalue weighted by atomic mass is 10.0. The largest absolute Gasteiger partial charge is 0.392 e. The van der Waals surface area contributed by atoms with E-state index in [2.05, 4.69) is 30.3 Å². The molecule has 17 heavy (non-hydrogen) atoms. The predicted molar refractivity (Wildman–Crippen MR) is 73.2 cm³/mol. The lowest BCUT2D eigenvalue weighted by molar-refractivity contribution is 0.284. The third-order valence-corrected chi connectivity index (χ3v) is 3.94. The first-order valence-corrected chi connectivity index (χ1v) is 6.43. The van der Waals surface area contributed by atoms with Crippen molar-refractivity contribution in [1.82, 2.24) is 0 Å². The molecule has 1 N–H and O–H groups in total. The zero-order valence-electron chi connectivity index (χ0n) is 9.26. The first kappa shape index (κ1) is 10.5. The Morgan fingerprint density at radius 3 is 2.53 bits per heavy atom. The smallest absolute Gasteiger partial charge is 0.0696 e. The summed E-state index contributed by atoms with van der Waals surface area (Å²) in [5, 5.41) is 12.5. The molecule has 3 rings (SSSR count). The average molecular weight is 240 g/mol. The lowest BCUT2D eigenvalue weighted by Crippen LogP contribution is -1.81. The van der Waals surface area contributed by atoms with E-state index >= 15 is 0 Å². The van der Waals surface area contributed by atoms with Crippen LogP contribution in [0.15, 0.2) is 53.9 Å². The maximum absolute atomic E-state index is 9.29. The molecule has 0 atom stereocenters. The van der Waals surface area contributed by atoms with Gasteiger partial charge >= 0.3 is 0 Å². The molecule has 0 aliphatic heterocycles. The van der Waals surface area contributed by atoms with E-state index in [9.17, 15) is 5.11 Å². The van der Waals surface area contributed by atoms with Crippen molar-refractivity contribution in [1.29, 1.82) is 0 Å². The minimum atomic E-state index is 0.109. The Kier molecular flexibility index (Phi) is 2.67. The fraction of sp³-hybridized carbons (Fsp3) is 0.0667. The van der Waals surface area contributed by atoms with Crippen molar-refractivity contribution in [3.63, 3.8) is 0 Å². The number of fused-ring (bicyclic) bond motifs is 1. The Morgan fingerprint density at radius 2 is 1.76 bits per heavy atom. The molecule has 0 fully saturated rings. The molecule has 2 aromatic carbocycles. The van der Waals surface area contributed by atoms with Crippen molar-refractivity contribution in [2.75, 3.05) is 0 Å². The Hall–Kier alpha value is -1.64. The van der Waals surface area contributed by atoms with Crippen LogP contribution in [-0.4, -0.2) is 5.11 Å². The first-order valence-electron chi connectivity index (χ1n) is 5.55. The Bertz CT molecular complexity index is 640. The van der Waals surface area contributed by atoms with Crippen LogP contribution in [0.4, 0.5) is 0 Å². The van der Waals surface area contributed by atoms with Crippen molar-refractivity contribution in [2.24, 2.45) is 0 Å². The van der Waals surface area contributed by atoms with Gasteiger partial charge in [0.15, 0.2) is 0 Å². The molecule has 0 saturated heterocycles. The standard InChI is InChI=1S/C15H12OS/c16-9-13-10-17-15-7-6-12(8-14(13)15)11-4-2-1-3-5-11/h1-8,10,16H,9H2. The summed E-state index contributed by atoms with van der Waals surface area (Å²) in [7, 11) is 0. The number of aliphatic hydroxyl groups excluding tert-OH is 1. The summed E-state index contributed by atoms with van der Waals surface area (Å²) >= 11 is 1.68. The van der Waals surface area contributed by atoms with Crippen molar-refractivity contribution >= 4 is 21.4 Å². The molecule has 0 amide bonds. The number of rotatable bonds is 2. The summed E-state index contributed by atoms with van der Waals surface area (Å²) in [6.07, 6.45) is 0. The normalized spacial score (nSPS) is 10.9. The van der Waals surface area contributed by atoms with E-state index < -0.39 is 0 Å². The molecule has 0 saturated carbocycles. The number of aliphatic hydroxyl groups is 1. The highest BCUT2D eigenvalue weighted by Crippen LogP contribution is 2.30. The SMILES string of the molecule is OCc1csc2ccc(-c3ccccc3)cc12. The van der Waals surface area contributed by atoms with Crippen LogP contribution in [0.5, 0.6) is 0 Å². The zero-order chi connectivity index (χ0) is 11.7. The van der Waals surface area contributed by atoms with Crippen LogP contribution in [0.3, 0.4) is 0 Å². The number of benzene rings is 2. The second kappa shape index (κ2) is 4.32. The number of hydrogen-bond donors (Lipinski definition) is 1. The topological polar surface area (TPSA) is 20.2 Å². The molecule has 1 nitrogen and oxygen atoms in total. The Morgan fingerprint density at radius 1 is 0.941 bits per heavy atom. The monoisotopic (exact) mass is 240 g/mol. The molecule has 0 aliphatic rings. The van der Waals surface area contributed by atoms with Crippen molar-refractivity contribution in [3.8, 4) is 11.1 Å². The third-order valence-electron chi connectivity index (χ3n) is 2.93. The van der Waals surface area contributed by atoms with Crippen molar-refractivity contribution < 1.29 is 5.11 Å². The first-order chi connectivity index (χ1) is 8.38. The van der Waals surface area contributed by atoms with Crippen LogP contribution < -0.4 is 0 Å². The predicted octanol–water partition coefficient (Wildman–Crippen LogP) is 4.06. The van der Waals surface area contributed by atoms with Gasteiger partial charge in [0.2, 0.25) is 0 Å². The average Bonchev–Trinajstić information content (AvgIpc) is 2.81. The van der Waals surface area contributed by atoms with Crippen LogP contribution >= 0.6 is 11.3 Å². The maximum Gasteiger partial charge on any atom is 0.0696 e. The fourth-order valence-corrected chi connectivity index (χ4v) is 2.95. The van der Waals surface area contributed by atoms with Crippen molar-refractivity contribution in [2.45, 2.75) is 6.61 Å². The van der Waals surface area contributed by atoms with Gasteiger partial charge in [0.25, 0.3) is 0 Å². The minimum Gasteiger partial charge on any atom is -0.392 e. The van der Waals surface area contributed by atoms with Gasteiger partial charge in [-0.2, -0.15) is 0 Å². The maximum atomic E-state index is 9.29. The molecule has 0 radical (unpaired) electrons. The highest BCUT2D eigenvalue weighted by molar-refractivity contribution is 7.17. The second-order valence-electron chi connectivity index (χ2n) is 4.00. The van der Waals surface area contributed by atoms with E-state index in [1.54, 1.807) is 11.3 Å². The van der Waals surface area contributed by atoms with E-state index in [4.69, 9.17) is 0 Å². The van der Waals surface area contributed by atoms with E-state index in [1.807, 2.05) is 23.6 Å². The molecule has 0 spiro atoms. The number of thiophene rings is 1. The van der Waals surface area contributed by atoms with Crippen LogP contribution in [-0.2, 0) is 6.61 Å². The van der Waals surface area contributed by atoms with Crippen molar-refractivity contribution in [3.05, 3.63) is 59.5 Å². The second-order valence-corrected chi connectivity index (χ2v) is 4.91. The molecular weight excluding hydrogens is 228 g/mol. The summed E-state index contributed by atoms with van der Waals surface area (Å²) in [4.78, 5) is 0. The molecule has 0 bridgehead atoms. The van der Waals surface area contributed by atoms with Gasteiger partial charge in [-0.1, -0.05) is 36.4 Å². The van der Waals surface area contributed by atoms with E-state index in [-0.39, 0.29) is 6.61 Å². The highest BCUT2D eigenvalue weighted by Gasteiger charge is 2.05. The van der Waals surface area contributed by atoms with E-state index in [0.29, 0.717) is 0 Å².